The van der Waals surface area contributed by atoms with Crippen molar-refractivity contribution in [1.29, 1.82) is 0 Å². The third-order valence-electron chi connectivity index (χ3n) is 16.1. The van der Waals surface area contributed by atoms with Crippen molar-refractivity contribution in [3.8, 4) is 0 Å². The van der Waals surface area contributed by atoms with Crippen molar-refractivity contribution in [2.75, 3.05) is 52.9 Å². The SMILES string of the molecule is CCCC(OC1OC(CO)C(OC(C)C(C)C(O)C(OC(=O)C(O)C(O)C(CCO)OC2OC(CO)C(OC3OC(CO)C(OC4OC(CO)C(O)C(O)C4O)C(O)C3O)C(O)C2O)C(O)CO)C(O)C1O)C(=O)C(O)C(O)OC(CCO)C(O)C(C)CO. The molecular formula is C52H94O37. The molecule has 4 saturated heterocycles. The van der Waals surface area contributed by atoms with Gasteiger partial charge in [0.2, 0.25) is 0 Å². The molecule has 4 fully saturated rings. The molecule has 24 N–H and O–H groups in total. The molecule has 4 heterocycles. The molecule has 0 amide bonds. The van der Waals surface area contributed by atoms with Crippen LogP contribution in [0.15, 0.2) is 0 Å². The minimum Gasteiger partial charge on any atom is -0.455 e. The molecule has 34 unspecified atom stereocenters. The van der Waals surface area contributed by atoms with Gasteiger partial charge in [-0.3, -0.25) is 4.79 Å². The number of rotatable bonds is 37. The van der Waals surface area contributed by atoms with Crippen LogP contribution < -0.4 is 0 Å². The highest BCUT2D eigenvalue weighted by Gasteiger charge is 2.55. The van der Waals surface area contributed by atoms with Gasteiger partial charge in [0, 0.05) is 31.7 Å². The number of ether oxygens (including phenoxy) is 11. The smallest absolute Gasteiger partial charge is 0.338 e. The lowest BCUT2D eigenvalue weighted by Crippen LogP contribution is -2.67. The summed E-state index contributed by atoms with van der Waals surface area (Å²) in [6, 6.07) is 0. The van der Waals surface area contributed by atoms with Crippen LogP contribution in [0, 0.1) is 11.8 Å². The van der Waals surface area contributed by atoms with Crippen molar-refractivity contribution < 1.29 is 184 Å². The lowest BCUT2D eigenvalue weighted by Gasteiger charge is -2.48. The molecule has 4 aliphatic rings. The van der Waals surface area contributed by atoms with Crippen LogP contribution in [-0.2, 0) is 61.7 Å². The Balaban J connectivity index is 1.40. The van der Waals surface area contributed by atoms with E-state index in [1.54, 1.807) is 6.92 Å². The first-order valence-corrected chi connectivity index (χ1v) is 29.0. The monoisotopic (exact) mass is 1310 g/mol. The minimum absolute atomic E-state index is 0.184. The summed E-state index contributed by atoms with van der Waals surface area (Å²) in [6.45, 7) is -1.53. The summed E-state index contributed by atoms with van der Waals surface area (Å²) >= 11 is 0. The highest BCUT2D eigenvalue weighted by atomic mass is 16.8. The predicted molar refractivity (Wildman–Crippen MR) is 283 cm³/mol. The number of hydrogen-bond acceptors (Lipinski definition) is 37. The topological polar surface area (TPSA) is 621 Å². The van der Waals surface area contributed by atoms with Gasteiger partial charge in [-0.2, -0.15) is 0 Å². The molecule has 0 aliphatic carbocycles. The van der Waals surface area contributed by atoms with Crippen LogP contribution in [-0.4, -0.2) is 383 Å². The summed E-state index contributed by atoms with van der Waals surface area (Å²) in [5.74, 6) is -5.19. The molecule has 0 aromatic heterocycles. The Labute approximate surface area is 509 Å². The molecule has 37 heteroatoms. The number of hydrogen-bond donors (Lipinski definition) is 24. The van der Waals surface area contributed by atoms with Crippen LogP contribution in [0.25, 0.3) is 0 Å². The molecule has 89 heavy (non-hydrogen) atoms. The van der Waals surface area contributed by atoms with Crippen LogP contribution in [0.5, 0.6) is 0 Å². The summed E-state index contributed by atoms with van der Waals surface area (Å²) < 4.78 is 60.9. The highest BCUT2D eigenvalue weighted by Crippen LogP contribution is 2.35. The summed E-state index contributed by atoms with van der Waals surface area (Å²) in [5.41, 5.74) is 0. The maximum Gasteiger partial charge on any atom is 0.338 e. The third kappa shape index (κ3) is 19.7. The number of carbonyl (C=O) groups excluding carboxylic acids is 2. The Morgan fingerprint density at radius 3 is 1.39 bits per heavy atom. The Morgan fingerprint density at radius 2 is 0.910 bits per heavy atom. The first kappa shape index (κ1) is 79.2. The van der Waals surface area contributed by atoms with Crippen molar-refractivity contribution in [3.05, 3.63) is 0 Å². The second kappa shape index (κ2) is 37.2. The largest absolute Gasteiger partial charge is 0.455 e. The van der Waals surface area contributed by atoms with Crippen LogP contribution in [0.4, 0.5) is 0 Å². The molecule has 37 nitrogen and oxygen atoms in total. The normalized spacial score (nSPS) is 37.8. The Kier molecular flexibility index (Phi) is 33.1. The molecule has 34 atom stereocenters. The fourth-order valence-corrected chi connectivity index (χ4v) is 10.3. The molecular weight excluding hydrogens is 1220 g/mol. The molecule has 4 aliphatic heterocycles. The quantitative estimate of drug-likeness (QED) is 0.0203. The second-order valence-corrected chi connectivity index (χ2v) is 22.4. The number of aliphatic hydroxyl groups excluding tert-OH is 24. The first-order chi connectivity index (χ1) is 42.0. The van der Waals surface area contributed by atoms with Gasteiger partial charge < -0.3 is 175 Å². The van der Waals surface area contributed by atoms with Gasteiger partial charge in [-0.05, 0) is 26.2 Å². The van der Waals surface area contributed by atoms with Crippen molar-refractivity contribution in [3.63, 3.8) is 0 Å². The van der Waals surface area contributed by atoms with Gasteiger partial charge in [-0.15, -0.1) is 0 Å². The summed E-state index contributed by atoms with van der Waals surface area (Å²) in [6.07, 6.45) is -63.5. The molecule has 0 bridgehead atoms. The average Bonchev–Trinajstić information content (AvgIpc) is 1.39. The zero-order valence-corrected chi connectivity index (χ0v) is 49.2. The molecule has 524 valence electrons. The standard InChI is InChI=1S/C52H94O37/c1-5-6-21(30(64)37(71)47(77)80-22(7-9-53)28(62)17(2)11-55)81-49-40(74)34(68)44(25(14-58)84-49)79-19(4)18(3)29(63)43(20(61)12-56)87-48(78)38(72)31(65)23(8-10-54)82-50-41(75)35(69)45(26(15-59)85-50)89-52-42(76)36(70)46(27(16-60)86-52)88-51-39(73)33(67)32(66)24(13-57)83-51/h17-29,31-47,49-63,65-77H,5-16H2,1-4H3. The van der Waals surface area contributed by atoms with E-state index >= 15 is 0 Å². The van der Waals surface area contributed by atoms with Crippen LogP contribution >= 0.6 is 0 Å². The molecule has 0 spiro atoms. The van der Waals surface area contributed by atoms with E-state index in [0.717, 1.165) is 0 Å². The van der Waals surface area contributed by atoms with Crippen LogP contribution in [0.1, 0.15) is 53.4 Å². The van der Waals surface area contributed by atoms with E-state index in [9.17, 15) is 132 Å². The summed E-state index contributed by atoms with van der Waals surface area (Å²) in [7, 11) is 0. The van der Waals surface area contributed by atoms with Crippen molar-refractivity contribution >= 4 is 11.8 Å². The van der Waals surface area contributed by atoms with Crippen molar-refractivity contribution in [2.24, 2.45) is 11.8 Å². The van der Waals surface area contributed by atoms with Gasteiger partial charge in [-0.1, -0.05) is 27.2 Å². The van der Waals surface area contributed by atoms with E-state index in [1.165, 1.54) is 20.8 Å². The van der Waals surface area contributed by atoms with Gasteiger partial charge in [-0.25, -0.2) is 4.79 Å². The fourth-order valence-electron chi connectivity index (χ4n) is 10.3. The van der Waals surface area contributed by atoms with Gasteiger partial charge >= 0.3 is 5.97 Å². The third-order valence-corrected chi connectivity index (χ3v) is 16.1. The van der Waals surface area contributed by atoms with Gasteiger partial charge in [0.15, 0.2) is 55.5 Å². The zero-order chi connectivity index (χ0) is 67.0. The fraction of sp³-hybridized carbons (Fsp3) is 0.962. The van der Waals surface area contributed by atoms with E-state index in [1.807, 2.05) is 0 Å². The molecule has 0 saturated carbocycles. The number of Topliss-reactive ketones (excluding diaryl/α,β-unsaturated/α-hetero) is 1. The van der Waals surface area contributed by atoms with E-state index in [2.05, 4.69) is 0 Å². The Morgan fingerprint density at radius 1 is 0.461 bits per heavy atom. The molecule has 0 radical (unpaired) electrons. The predicted octanol–water partition coefficient (Wildman–Crippen LogP) is -13.4. The molecule has 0 aromatic carbocycles. The van der Waals surface area contributed by atoms with Gasteiger partial charge in [0.05, 0.1) is 63.6 Å². The lowest BCUT2D eigenvalue weighted by atomic mass is 9.91. The maximum absolute atomic E-state index is 13.5. The number of aliphatic hydroxyl groups is 24. The average molecular weight is 1310 g/mol. The first-order valence-electron chi connectivity index (χ1n) is 29.0. The zero-order valence-electron chi connectivity index (χ0n) is 49.2. The van der Waals surface area contributed by atoms with E-state index in [4.69, 9.17) is 52.1 Å². The maximum atomic E-state index is 13.5. The highest BCUT2D eigenvalue weighted by molar-refractivity contribution is 5.87. The van der Waals surface area contributed by atoms with Crippen molar-refractivity contribution in [2.45, 2.75) is 250 Å². The minimum atomic E-state index is -2.73. The van der Waals surface area contributed by atoms with Gasteiger partial charge in [0.1, 0.15) is 116 Å². The van der Waals surface area contributed by atoms with E-state index in [0.29, 0.717) is 0 Å². The number of ketones is 1. The number of carbonyl (C=O) groups is 2. The Hall–Kier alpha value is -2.22. The van der Waals surface area contributed by atoms with Gasteiger partial charge in [0.25, 0.3) is 0 Å². The van der Waals surface area contributed by atoms with E-state index < -0.39 is 279 Å². The van der Waals surface area contributed by atoms with Crippen LogP contribution in [0.2, 0.25) is 0 Å². The Bertz CT molecular complexity index is 2020. The summed E-state index contributed by atoms with van der Waals surface area (Å²) in [5, 5.41) is 253. The summed E-state index contributed by atoms with van der Waals surface area (Å²) in [4.78, 5) is 27.0. The second-order valence-electron chi connectivity index (χ2n) is 22.4. The molecule has 0 aromatic rings. The van der Waals surface area contributed by atoms with Crippen molar-refractivity contribution in [1.82, 2.24) is 0 Å². The van der Waals surface area contributed by atoms with E-state index in [-0.39, 0.29) is 19.3 Å². The lowest BCUT2D eigenvalue weighted by molar-refractivity contribution is -0.382. The van der Waals surface area contributed by atoms with Crippen LogP contribution in [0.3, 0.4) is 0 Å². The molecule has 4 rings (SSSR count). The number of esters is 1.